The third-order valence-corrected chi connectivity index (χ3v) is 5.24. The first kappa shape index (κ1) is 17.5. The van der Waals surface area contributed by atoms with E-state index >= 15 is 0 Å². The number of nitrogens with zero attached hydrogens (tertiary/aromatic N) is 1. The van der Waals surface area contributed by atoms with Gasteiger partial charge in [-0.15, -0.1) is 0 Å². The minimum Gasteiger partial charge on any atom is -0.379 e. The van der Waals surface area contributed by atoms with Crippen LogP contribution in [0.5, 0.6) is 0 Å². The van der Waals surface area contributed by atoms with Gasteiger partial charge in [0.1, 0.15) is 0 Å². The molecule has 0 aromatic heterocycles. The van der Waals surface area contributed by atoms with E-state index in [9.17, 15) is 4.79 Å². The van der Waals surface area contributed by atoms with Crippen molar-refractivity contribution in [2.75, 3.05) is 11.1 Å². The number of carbonyl (C=O) groups excluding carboxylic acids is 1. The van der Waals surface area contributed by atoms with Crippen LogP contribution in [0.3, 0.4) is 0 Å². The molecule has 0 radical (unpaired) electrons. The predicted octanol–water partition coefficient (Wildman–Crippen LogP) is 3.84. The van der Waals surface area contributed by atoms with Crippen molar-refractivity contribution in [3.8, 4) is 0 Å². The Hall–Kier alpha value is -2.27. The Balaban J connectivity index is 1.72. The fourth-order valence-electron chi connectivity index (χ4n) is 2.92. The van der Waals surface area contributed by atoms with Gasteiger partial charge in [0.05, 0.1) is 12.0 Å². The SMILES string of the molecule is Cc1ccc(CC(=O)Nc2cccc(C3(C)CCSC(N)=N3)c2)cc1. The van der Waals surface area contributed by atoms with E-state index in [1.165, 1.54) is 5.56 Å². The number of rotatable bonds is 4. The summed E-state index contributed by atoms with van der Waals surface area (Å²) in [6, 6.07) is 15.9. The Kier molecular flexibility index (Phi) is 5.13. The molecule has 3 rings (SSSR count). The van der Waals surface area contributed by atoms with Crippen LogP contribution in [0.1, 0.15) is 30.0 Å². The molecule has 5 heteroatoms. The van der Waals surface area contributed by atoms with Crippen LogP contribution in [-0.4, -0.2) is 16.8 Å². The molecular weight excluding hydrogens is 330 g/mol. The summed E-state index contributed by atoms with van der Waals surface area (Å²) in [5.74, 6) is 0.934. The van der Waals surface area contributed by atoms with Gasteiger partial charge in [-0.25, -0.2) is 0 Å². The maximum Gasteiger partial charge on any atom is 0.228 e. The molecule has 2 aromatic carbocycles. The number of benzene rings is 2. The maximum atomic E-state index is 12.3. The molecule has 1 heterocycles. The van der Waals surface area contributed by atoms with E-state index in [1.54, 1.807) is 11.8 Å². The molecule has 4 nitrogen and oxygen atoms in total. The Morgan fingerprint density at radius 2 is 2.04 bits per heavy atom. The maximum absolute atomic E-state index is 12.3. The van der Waals surface area contributed by atoms with Gasteiger partial charge < -0.3 is 11.1 Å². The second-order valence-corrected chi connectivity index (χ2v) is 7.73. The van der Waals surface area contributed by atoms with Crippen molar-refractivity contribution >= 4 is 28.5 Å². The monoisotopic (exact) mass is 353 g/mol. The lowest BCUT2D eigenvalue weighted by Crippen LogP contribution is -2.28. The molecule has 1 aliphatic rings. The largest absolute Gasteiger partial charge is 0.379 e. The molecule has 130 valence electrons. The second-order valence-electron chi connectivity index (χ2n) is 6.61. The Morgan fingerprint density at radius 3 is 2.76 bits per heavy atom. The van der Waals surface area contributed by atoms with Crippen LogP contribution in [0.2, 0.25) is 0 Å². The van der Waals surface area contributed by atoms with E-state index in [0.29, 0.717) is 11.6 Å². The van der Waals surface area contributed by atoms with Gasteiger partial charge in [0.25, 0.3) is 0 Å². The van der Waals surface area contributed by atoms with Gasteiger partial charge in [-0.05, 0) is 43.5 Å². The second kappa shape index (κ2) is 7.31. The Morgan fingerprint density at radius 1 is 1.28 bits per heavy atom. The van der Waals surface area contributed by atoms with Crippen LogP contribution in [-0.2, 0) is 16.8 Å². The number of aliphatic imine (C=N–C) groups is 1. The molecule has 2 aromatic rings. The Bertz CT molecular complexity index is 801. The zero-order chi connectivity index (χ0) is 17.9. The van der Waals surface area contributed by atoms with E-state index in [4.69, 9.17) is 5.73 Å². The molecule has 0 saturated heterocycles. The number of aryl methyl sites for hydroxylation is 1. The third kappa shape index (κ3) is 4.42. The number of amidine groups is 1. The van der Waals surface area contributed by atoms with Crippen LogP contribution in [0.25, 0.3) is 0 Å². The zero-order valence-corrected chi connectivity index (χ0v) is 15.4. The fourth-order valence-corrected chi connectivity index (χ4v) is 3.90. The number of carbonyl (C=O) groups is 1. The van der Waals surface area contributed by atoms with Crippen LogP contribution < -0.4 is 11.1 Å². The average molecular weight is 353 g/mol. The number of nitrogens with two attached hydrogens (primary N) is 1. The van der Waals surface area contributed by atoms with E-state index in [0.717, 1.165) is 29.0 Å². The molecule has 1 aliphatic heterocycles. The third-order valence-electron chi connectivity index (χ3n) is 4.45. The molecule has 1 amide bonds. The quantitative estimate of drug-likeness (QED) is 0.877. The molecule has 1 atom stereocenters. The van der Waals surface area contributed by atoms with Crippen molar-refractivity contribution in [1.82, 2.24) is 0 Å². The van der Waals surface area contributed by atoms with Crippen LogP contribution >= 0.6 is 11.8 Å². The highest BCUT2D eigenvalue weighted by molar-refractivity contribution is 8.13. The minimum absolute atomic E-state index is 0.0200. The molecule has 0 fully saturated rings. The lowest BCUT2D eigenvalue weighted by Gasteiger charge is -2.30. The first-order valence-corrected chi connectivity index (χ1v) is 9.37. The van der Waals surface area contributed by atoms with Gasteiger partial charge >= 0.3 is 0 Å². The summed E-state index contributed by atoms with van der Waals surface area (Å²) in [5, 5.41) is 3.62. The number of hydrogen-bond donors (Lipinski definition) is 2. The lowest BCUT2D eigenvalue weighted by molar-refractivity contribution is -0.115. The van der Waals surface area contributed by atoms with Gasteiger partial charge in [-0.3, -0.25) is 9.79 Å². The highest BCUT2D eigenvalue weighted by atomic mass is 32.2. The van der Waals surface area contributed by atoms with Crippen molar-refractivity contribution in [2.45, 2.75) is 32.2 Å². The Labute approximate surface area is 152 Å². The summed E-state index contributed by atoms with van der Waals surface area (Å²) < 4.78 is 0. The van der Waals surface area contributed by atoms with Gasteiger partial charge in [0.2, 0.25) is 5.91 Å². The van der Waals surface area contributed by atoms with Crippen LogP contribution in [0, 0.1) is 6.92 Å². The first-order chi connectivity index (χ1) is 11.9. The summed E-state index contributed by atoms with van der Waals surface area (Å²) in [7, 11) is 0. The molecule has 0 spiro atoms. The highest BCUT2D eigenvalue weighted by Crippen LogP contribution is 2.35. The molecule has 0 saturated carbocycles. The van der Waals surface area contributed by atoms with Crippen molar-refractivity contribution in [3.05, 3.63) is 65.2 Å². The summed E-state index contributed by atoms with van der Waals surface area (Å²) in [6.07, 6.45) is 1.29. The molecule has 3 N–H and O–H groups in total. The number of amides is 1. The van der Waals surface area contributed by atoms with Gasteiger partial charge in [-0.2, -0.15) is 0 Å². The van der Waals surface area contributed by atoms with Gasteiger partial charge in [-0.1, -0.05) is 53.7 Å². The average Bonchev–Trinajstić information content (AvgIpc) is 2.57. The lowest BCUT2D eigenvalue weighted by atomic mass is 9.89. The molecular formula is C20H23N3OS. The van der Waals surface area contributed by atoms with Gasteiger partial charge in [0.15, 0.2) is 5.17 Å². The van der Waals surface area contributed by atoms with Gasteiger partial charge in [0, 0.05) is 11.4 Å². The highest BCUT2D eigenvalue weighted by Gasteiger charge is 2.29. The van der Waals surface area contributed by atoms with Crippen LogP contribution in [0.4, 0.5) is 5.69 Å². The van der Waals surface area contributed by atoms with Crippen molar-refractivity contribution in [3.63, 3.8) is 0 Å². The van der Waals surface area contributed by atoms with E-state index in [2.05, 4.69) is 17.2 Å². The summed E-state index contributed by atoms with van der Waals surface area (Å²) >= 11 is 1.59. The van der Waals surface area contributed by atoms with Crippen LogP contribution in [0.15, 0.2) is 53.5 Å². The topological polar surface area (TPSA) is 67.5 Å². The molecule has 0 aliphatic carbocycles. The fraction of sp³-hybridized carbons (Fsp3) is 0.300. The van der Waals surface area contributed by atoms with E-state index in [1.807, 2.05) is 55.5 Å². The van der Waals surface area contributed by atoms with E-state index < -0.39 is 0 Å². The standard InChI is InChI=1S/C20H23N3OS/c1-14-6-8-15(9-7-14)12-18(24)22-17-5-3-4-16(13-17)20(2)10-11-25-19(21)23-20/h3-9,13H,10-12H2,1-2H3,(H2,21,23)(H,22,24). The van der Waals surface area contributed by atoms with Crippen molar-refractivity contribution in [2.24, 2.45) is 10.7 Å². The van der Waals surface area contributed by atoms with E-state index in [-0.39, 0.29) is 11.4 Å². The molecule has 0 bridgehead atoms. The number of nitrogens with one attached hydrogen (secondary N) is 1. The smallest absolute Gasteiger partial charge is 0.228 e. The predicted molar refractivity (Wildman–Crippen MR) is 106 cm³/mol. The first-order valence-electron chi connectivity index (χ1n) is 8.39. The summed E-state index contributed by atoms with van der Waals surface area (Å²) in [6.45, 7) is 4.13. The van der Waals surface area contributed by atoms with Crippen molar-refractivity contribution < 1.29 is 4.79 Å². The molecule has 1 unspecified atom stereocenters. The number of thioether (sulfide) groups is 1. The molecule has 25 heavy (non-hydrogen) atoms. The van der Waals surface area contributed by atoms with Crippen molar-refractivity contribution in [1.29, 1.82) is 0 Å². The normalized spacial score (nSPS) is 20.0. The zero-order valence-electron chi connectivity index (χ0n) is 14.6. The summed E-state index contributed by atoms with van der Waals surface area (Å²) in [5.41, 5.74) is 9.64. The number of anilines is 1. The summed E-state index contributed by atoms with van der Waals surface area (Å²) in [4.78, 5) is 16.9. The minimum atomic E-state index is -0.326. The number of hydrogen-bond acceptors (Lipinski definition) is 4.